The maximum atomic E-state index is 14.0. The van der Waals surface area contributed by atoms with Gasteiger partial charge in [0.15, 0.2) is 0 Å². The molecule has 250 valence electrons. The third-order valence-corrected chi connectivity index (χ3v) is 8.14. The molecule has 0 saturated heterocycles. The smallest absolute Gasteiger partial charge is 0.344 e. The Balaban J connectivity index is 3.04. The topological polar surface area (TPSA) is 165 Å². The van der Waals surface area contributed by atoms with E-state index in [1.807, 2.05) is 0 Å². The van der Waals surface area contributed by atoms with Gasteiger partial charge in [-0.2, -0.15) is 8.78 Å². The summed E-state index contributed by atoms with van der Waals surface area (Å²) < 4.78 is 39.2. The zero-order valence-corrected chi connectivity index (χ0v) is 27.5. The van der Waals surface area contributed by atoms with Crippen molar-refractivity contribution in [2.24, 2.45) is 5.92 Å². The van der Waals surface area contributed by atoms with Gasteiger partial charge >= 0.3 is 13.3 Å². The summed E-state index contributed by atoms with van der Waals surface area (Å²) in [4.78, 5) is 71.4. The molecular formula is C30H49F2N4O7P. The highest BCUT2D eigenvalue weighted by molar-refractivity contribution is 7.52. The van der Waals surface area contributed by atoms with E-state index < -0.39 is 60.6 Å². The zero-order chi connectivity index (χ0) is 33.7. The Hall–Kier alpha value is -2.89. The van der Waals surface area contributed by atoms with E-state index >= 15 is 0 Å². The number of alkyl halides is 2. The number of carbonyl (C=O) groups excluding carboxylic acids is 4. The van der Waals surface area contributed by atoms with E-state index in [0.717, 1.165) is 50.7 Å². The number of hydrogen-bond donors (Lipinski definition) is 5. The van der Waals surface area contributed by atoms with Gasteiger partial charge in [0.05, 0.1) is 0 Å². The number of benzene rings is 1. The normalized spacial score (nSPS) is 14.0. The Morgan fingerprint density at radius 2 is 1.39 bits per heavy atom. The first-order chi connectivity index (χ1) is 20.5. The van der Waals surface area contributed by atoms with E-state index in [4.69, 9.17) is 9.79 Å². The number of halogens is 2. The second-order valence-corrected chi connectivity index (χ2v) is 13.1. The van der Waals surface area contributed by atoms with Crippen LogP contribution in [0.15, 0.2) is 24.3 Å². The number of rotatable bonds is 19. The molecule has 0 unspecified atom stereocenters. The van der Waals surface area contributed by atoms with Crippen molar-refractivity contribution in [3.05, 3.63) is 35.4 Å². The largest absolute Gasteiger partial charge is 0.399 e. The Kier molecular flexibility index (Phi) is 16.2. The lowest BCUT2D eigenvalue weighted by Crippen LogP contribution is -2.58. The summed E-state index contributed by atoms with van der Waals surface area (Å²) in [5, 5.41) is 7.85. The van der Waals surface area contributed by atoms with Gasteiger partial charge in [-0.05, 0) is 31.2 Å². The number of amides is 4. The maximum absolute atomic E-state index is 14.0. The third kappa shape index (κ3) is 12.2. The molecule has 14 heteroatoms. The van der Waals surface area contributed by atoms with Crippen LogP contribution in [-0.2, 0) is 35.8 Å². The van der Waals surface area contributed by atoms with Gasteiger partial charge in [0.2, 0.25) is 23.6 Å². The second-order valence-electron chi connectivity index (χ2n) is 11.4. The molecule has 0 aliphatic carbocycles. The van der Waals surface area contributed by atoms with Gasteiger partial charge in [-0.15, -0.1) is 0 Å². The Morgan fingerprint density at radius 1 is 0.864 bits per heavy atom. The number of carbonyl (C=O) groups is 4. The molecule has 0 spiro atoms. The summed E-state index contributed by atoms with van der Waals surface area (Å²) in [5.41, 5.74) is -4.97. The Morgan fingerprint density at radius 3 is 1.82 bits per heavy atom. The molecule has 0 bridgehead atoms. The molecule has 1 rings (SSSR count). The molecule has 11 nitrogen and oxygen atoms in total. The molecule has 0 radical (unpaired) electrons. The standard InChI is InChI=1S/C30H49F2N4O7P/c1-7-9-11-17-36(18-12-10-8-2)29(40)21(5)33-28(39)26(20(3)4)35-27(38)25(34-22(6)37)19-23-13-15-24(16-14-23)30(31,32)44(41,42)43/h13-16,20-21,25-26H,7-12,17-19H2,1-6H3,(H,33,39)(H,34,37)(H,35,38)(H2,41,42,43)/t21-,25-,26-/m0/s1. The lowest BCUT2D eigenvalue weighted by Gasteiger charge is -2.29. The maximum Gasteiger partial charge on any atom is 0.399 e. The minimum Gasteiger partial charge on any atom is -0.344 e. The van der Waals surface area contributed by atoms with Gasteiger partial charge in [-0.3, -0.25) is 23.7 Å². The summed E-state index contributed by atoms with van der Waals surface area (Å²) in [6.45, 7) is 11.6. The molecule has 3 atom stereocenters. The zero-order valence-electron chi connectivity index (χ0n) is 26.6. The van der Waals surface area contributed by atoms with Crippen molar-refractivity contribution < 1.29 is 42.3 Å². The van der Waals surface area contributed by atoms with Crippen molar-refractivity contribution in [3.8, 4) is 0 Å². The molecule has 0 fully saturated rings. The highest BCUT2D eigenvalue weighted by Crippen LogP contribution is 2.59. The Labute approximate surface area is 259 Å². The van der Waals surface area contributed by atoms with Crippen LogP contribution in [0.1, 0.15) is 91.2 Å². The van der Waals surface area contributed by atoms with Gasteiger partial charge in [-0.25, -0.2) is 0 Å². The summed E-state index contributed by atoms with van der Waals surface area (Å²) >= 11 is 0. The number of hydrogen-bond acceptors (Lipinski definition) is 5. The van der Waals surface area contributed by atoms with Crippen molar-refractivity contribution in [3.63, 3.8) is 0 Å². The second kappa shape index (κ2) is 18.2. The average molecular weight is 647 g/mol. The molecule has 0 heterocycles. The molecule has 44 heavy (non-hydrogen) atoms. The summed E-state index contributed by atoms with van der Waals surface area (Å²) in [6.07, 6.45) is 5.56. The number of nitrogens with zero attached hydrogens (tertiary/aromatic N) is 1. The van der Waals surface area contributed by atoms with Crippen LogP contribution in [0.25, 0.3) is 0 Å². The average Bonchev–Trinajstić information content (AvgIpc) is 2.93. The van der Waals surface area contributed by atoms with Gasteiger partial charge in [-0.1, -0.05) is 77.6 Å². The fourth-order valence-corrected chi connectivity index (χ4v) is 5.05. The van der Waals surface area contributed by atoms with Crippen LogP contribution in [0.2, 0.25) is 0 Å². The highest BCUT2D eigenvalue weighted by Gasteiger charge is 2.50. The first-order valence-electron chi connectivity index (χ1n) is 15.2. The molecule has 1 aromatic rings. The van der Waals surface area contributed by atoms with Crippen molar-refractivity contribution in [1.29, 1.82) is 0 Å². The highest BCUT2D eigenvalue weighted by atomic mass is 31.2. The van der Waals surface area contributed by atoms with E-state index in [0.29, 0.717) is 18.7 Å². The van der Waals surface area contributed by atoms with Gasteiger partial charge in [0.25, 0.3) is 0 Å². The molecule has 0 aliphatic heterocycles. The minimum absolute atomic E-state index is 0.154. The summed E-state index contributed by atoms with van der Waals surface area (Å²) in [5.74, 6) is -2.42. The third-order valence-electron chi connectivity index (χ3n) is 7.15. The van der Waals surface area contributed by atoms with Crippen molar-refractivity contribution in [2.75, 3.05) is 13.1 Å². The van der Waals surface area contributed by atoms with E-state index in [1.165, 1.54) is 19.1 Å². The molecule has 4 amide bonds. The van der Waals surface area contributed by atoms with Gasteiger partial charge < -0.3 is 30.6 Å². The van der Waals surface area contributed by atoms with Crippen LogP contribution in [0.3, 0.4) is 0 Å². The van der Waals surface area contributed by atoms with Crippen LogP contribution in [0.4, 0.5) is 8.78 Å². The Bertz CT molecular complexity index is 1130. The van der Waals surface area contributed by atoms with E-state index in [-0.39, 0.29) is 12.3 Å². The van der Waals surface area contributed by atoms with Crippen LogP contribution < -0.4 is 16.0 Å². The minimum atomic E-state index is -5.75. The van der Waals surface area contributed by atoms with Gasteiger partial charge in [0, 0.05) is 32.0 Å². The first kappa shape index (κ1) is 39.1. The molecule has 5 N–H and O–H groups in total. The van der Waals surface area contributed by atoms with Crippen LogP contribution in [0, 0.1) is 5.92 Å². The van der Waals surface area contributed by atoms with Crippen molar-refractivity contribution >= 4 is 31.2 Å². The van der Waals surface area contributed by atoms with Crippen LogP contribution in [-0.4, -0.2) is 69.5 Å². The van der Waals surface area contributed by atoms with E-state index in [9.17, 15) is 32.5 Å². The predicted octanol–water partition coefficient (Wildman–Crippen LogP) is 3.82. The van der Waals surface area contributed by atoms with Crippen molar-refractivity contribution in [2.45, 2.75) is 110 Å². The first-order valence-corrected chi connectivity index (χ1v) is 16.8. The van der Waals surface area contributed by atoms with Gasteiger partial charge in [0.1, 0.15) is 18.1 Å². The van der Waals surface area contributed by atoms with Crippen LogP contribution in [0.5, 0.6) is 0 Å². The summed E-state index contributed by atoms with van der Waals surface area (Å²) in [6, 6.07) is 0.955. The number of nitrogens with one attached hydrogen (secondary N) is 3. The summed E-state index contributed by atoms with van der Waals surface area (Å²) in [7, 11) is -5.75. The number of unbranched alkanes of at least 4 members (excludes halogenated alkanes) is 4. The molecule has 0 aromatic heterocycles. The van der Waals surface area contributed by atoms with E-state index in [1.54, 1.807) is 25.7 Å². The molecular weight excluding hydrogens is 597 g/mol. The lowest BCUT2D eigenvalue weighted by molar-refractivity contribution is -0.137. The quantitative estimate of drug-likeness (QED) is 0.113. The fraction of sp³-hybridized carbons (Fsp3) is 0.667. The van der Waals surface area contributed by atoms with Crippen molar-refractivity contribution in [1.82, 2.24) is 20.9 Å². The SMILES string of the molecule is CCCCCN(CCCCC)C(=O)[C@H](C)NC(=O)[C@@H](NC(=O)[C@H](Cc1ccc(C(F)(F)P(=O)(O)O)cc1)NC(C)=O)C(C)C. The lowest BCUT2D eigenvalue weighted by atomic mass is 10.00. The predicted molar refractivity (Wildman–Crippen MR) is 164 cm³/mol. The molecule has 0 saturated carbocycles. The molecule has 1 aromatic carbocycles. The van der Waals surface area contributed by atoms with Crippen LogP contribution >= 0.6 is 7.60 Å². The molecule has 0 aliphatic rings. The monoisotopic (exact) mass is 646 g/mol. The fourth-order valence-electron chi connectivity index (χ4n) is 4.56. The van der Waals surface area contributed by atoms with E-state index in [2.05, 4.69) is 29.8 Å².